The zero-order chi connectivity index (χ0) is 21.0. The number of thiazole rings is 1. The molecule has 8 heteroatoms. The number of ether oxygens (including phenoxy) is 1. The average Bonchev–Trinajstić information content (AvgIpc) is 3.10. The maximum atomic E-state index is 12.9. The second-order valence-corrected chi connectivity index (χ2v) is 11.4. The topological polar surface area (TPSA) is 57.7 Å². The minimum absolute atomic E-state index is 0.499. The maximum Gasteiger partial charge on any atom is 0.330 e. The van der Waals surface area contributed by atoms with Gasteiger partial charge in [-0.15, -0.1) is 11.3 Å². The summed E-state index contributed by atoms with van der Waals surface area (Å²) in [4.78, 5) is 4.68. The molecule has 0 amide bonds. The van der Waals surface area contributed by atoms with Gasteiger partial charge in [-0.05, 0) is 50.8 Å². The summed E-state index contributed by atoms with van der Waals surface area (Å²) in [6.45, 7) is 7.89. The van der Waals surface area contributed by atoms with E-state index in [0.717, 1.165) is 64.6 Å². The number of benzene rings is 1. The van der Waals surface area contributed by atoms with Gasteiger partial charge in [0.05, 0.1) is 36.2 Å². The van der Waals surface area contributed by atoms with Gasteiger partial charge in [-0.3, -0.25) is 4.57 Å². The van der Waals surface area contributed by atoms with E-state index in [1.165, 1.54) is 0 Å². The molecule has 0 fully saturated rings. The molecule has 164 valence electrons. The van der Waals surface area contributed by atoms with Gasteiger partial charge in [0.15, 0.2) is 4.34 Å². The van der Waals surface area contributed by atoms with Gasteiger partial charge in [0.25, 0.3) is 0 Å². The molecule has 1 aromatic heterocycles. The lowest BCUT2D eigenvalue weighted by atomic mass is 10.3. The third-order valence-corrected chi connectivity index (χ3v) is 8.54. The third kappa shape index (κ3) is 8.97. The highest BCUT2D eigenvalue weighted by Crippen LogP contribution is 2.49. The molecule has 1 heterocycles. The van der Waals surface area contributed by atoms with Crippen LogP contribution in [0.15, 0.2) is 22.5 Å². The van der Waals surface area contributed by atoms with Crippen LogP contribution in [0.25, 0.3) is 10.2 Å². The summed E-state index contributed by atoms with van der Waals surface area (Å²) in [7, 11) is -2.96. The number of fused-ring (bicyclic) bond motifs is 1. The highest BCUT2D eigenvalue weighted by atomic mass is 32.2. The van der Waals surface area contributed by atoms with Crippen molar-refractivity contribution in [3.63, 3.8) is 0 Å². The van der Waals surface area contributed by atoms with E-state index in [1.807, 2.05) is 19.1 Å². The van der Waals surface area contributed by atoms with Crippen LogP contribution >= 0.6 is 30.7 Å². The Morgan fingerprint density at radius 1 is 1.03 bits per heavy atom. The van der Waals surface area contributed by atoms with Crippen molar-refractivity contribution in [2.24, 2.45) is 0 Å². The fourth-order valence-corrected chi connectivity index (χ4v) is 6.56. The first-order valence-corrected chi connectivity index (χ1v) is 14.2. The summed E-state index contributed by atoms with van der Waals surface area (Å²) in [6.07, 6.45) is 6.18. The molecule has 0 N–H and O–H groups in total. The van der Waals surface area contributed by atoms with Gasteiger partial charge < -0.3 is 13.8 Å². The van der Waals surface area contributed by atoms with Crippen LogP contribution in [0.4, 0.5) is 0 Å². The van der Waals surface area contributed by atoms with Crippen LogP contribution in [0, 0.1) is 0 Å². The Labute approximate surface area is 183 Å². The summed E-state index contributed by atoms with van der Waals surface area (Å²) in [5.74, 6) is 1.84. The van der Waals surface area contributed by atoms with E-state index in [9.17, 15) is 4.57 Å². The van der Waals surface area contributed by atoms with E-state index in [-0.39, 0.29) is 0 Å². The molecule has 29 heavy (non-hydrogen) atoms. The van der Waals surface area contributed by atoms with Gasteiger partial charge in [-0.25, -0.2) is 4.98 Å². The molecule has 2 rings (SSSR count). The van der Waals surface area contributed by atoms with Crippen LogP contribution in [-0.2, 0) is 13.6 Å². The lowest BCUT2D eigenvalue weighted by Gasteiger charge is -2.18. The Morgan fingerprint density at radius 3 is 2.41 bits per heavy atom. The monoisotopic (exact) mass is 459 g/mol. The van der Waals surface area contributed by atoms with E-state index in [1.54, 1.807) is 23.1 Å². The van der Waals surface area contributed by atoms with Crippen LogP contribution < -0.4 is 4.74 Å². The molecule has 0 saturated carbocycles. The number of aromatic nitrogens is 1. The standard InChI is InChI=1S/C21H34NO4PS2/c1-4-7-13-25-27(23,26-14-8-5-2)15-9-10-16-28-21-22-19-12-11-18(24-6-3)17-20(19)29-21/h11-12,17H,4-10,13-16H2,1-3H3. The zero-order valence-electron chi connectivity index (χ0n) is 17.9. The van der Waals surface area contributed by atoms with E-state index >= 15 is 0 Å². The average molecular weight is 460 g/mol. The van der Waals surface area contributed by atoms with Crippen LogP contribution in [0.3, 0.4) is 0 Å². The first-order chi connectivity index (χ1) is 14.1. The predicted molar refractivity (Wildman–Crippen MR) is 125 cm³/mol. The van der Waals surface area contributed by atoms with Crippen molar-refractivity contribution in [2.75, 3.05) is 31.7 Å². The number of hydrogen-bond acceptors (Lipinski definition) is 7. The molecule has 1 aromatic carbocycles. The third-order valence-electron chi connectivity index (χ3n) is 4.27. The SMILES string of the molecule is CCCCOP(=O)(CCCCSc1nc2ccc(OCC)cc2s1)OCCCC. The fraction of sp³-hybridized carbons (Fsp3) is 0.667. The molecule has 5 nitrogen and oxygen atoms in total. The Bertz CT molecular complexity index is 754. The van der Waals surface area contributed by atoms with Crippen LogP contribution in [0.2, 0.25) is 0 Å². The first kappa shape index (κ1) is 24.7. The number of thioether (sulfide) groups is 1. The number of unbranched alkanes of at least 4 members (excludes halogenated alkanes) is 3. The molecule has 0 saturated heterocycles. The molecule has 0 bridgehead atoms. The minimum Gasteiger partial charge on any atom is -0.494 e. The number of rotatable bonds is 16. The molecule has 0 atom stereocenters. The zero-order valence-corrected chi connectivity index (χ0v) is 20.4. The summed E-state index contributed by atoms with van der Waals surface area (Å²) in [5.41, 5.74) is 1.01. The van der Waals surface area contributed by atoms with Gasteiger partial charge in [0.1, 0.15) is 5.75 Å². The second-order valence-electron chi connectivity index (χ2n) is 6.81. The number of hydrogen-bond donors (Lipinski definition) is 0. The summed E-state index contributed by atoms with van der Waals surface area (Å²) >= 11 is 3.45. The van der Waals surface area contributed by atoms with Crippen molar-refractivity contribution >= 4 is 40.9 Å². The quantitative estimate of drug-likeness (QED) is 0.148. The molecule has 0 aliphatic rings. The van der Waals surface area contributed by atoms with Crippen molar-refractivity contribution in [1.29, 1.82) is 0 Å². The first-order valence-electron chi connectivity index (χ1n) is 10.6. The maximum absolute atomic E-state index is 12.9. The van der Waals surface area contributed by atoms with Crippen molar-refractivity contribution in [3.8, 4) is 5.75 Å². The van der Waals surface area contributed by atoms with Gasteiger partial charge in [0, 0.05) is 5.75 Å². The fourth-order valence-electron chi connectivity index (χ4n) is 2.63. The van der Waals surface area contributed by atoms with Gasteiger partial charge in [-0.2, -0.15) is 0 Å². The lowest BCUT2D eigenvalue weighted by Crippen LogP contribution is -2.03. The van der Waals surface area contributed by atoms with Crippen LogP contribution in [0.5, 0.6) is 5.75 Å². The van der Waals surface area contributed by atoms with Crippen molar-refractivity contribution < 1.29 is 18.3 Å². The van der Waals surface area contributed by atoms with Crippen molar-refractivity contribution in [2.45, 2.75) is 63.6 Å². The van der Waals surface area contributed by atoms with Crippen LogP contribution in [-0.4, -0.2) is 36.7 Å². The molecular formula is C21H34NO4PS2. The van der Waals surface area contributed by atoms with E-state index in [0.29, 0.717) is 26.0 Å². The van der Waals surface area contributed by atoms with E-state index < -0.39 is 7.60 Å². The van der Waals surface area contributed by atoms with Crippen molar-refractivity contribution in [1.82, 2.24) is 4.98 Å². The Hall–Kier alpha value is -0.590. The number of nitrogens with zero attached hydrogens (tertiary/aromatic N) is 1. The van der Waals surface area contributed by atoms with E-state index in [2.05, 4.69) is 24.9 Å². The van der Waals surface area contributed by atoms with E-state index in [4.69, 9.17) is 13.8 Å². The van der Waals surface area contributed by atoms with Gasteiger partial charge in [-0.1, -0.05) is 38.5 Å². The molecular weight excluding hydrogens is 425 g/mol. The van der Waals surface area contributed by atoms with Crippen LogP contribution in [0.1, 0.15) is 59.3 Å². The minimum atomic E-state index is -2.96. The smallest absolute Gasteiger partial charge is 0.330 e. The normalized spacial score (nSPS) is 12.0. The molecule has 0 radical (unpaired) electrons. The summed E-state index contributed by atoms with van der Waals surface area (Å²) < 4.78 is 32.0. The second kappa shape index (κ2) is 13.7. The Balaban J connectivity index is 1.77. The lowest BCUT2D eigenvalue weighted by molar-refractivity contribution is 0.199. The van der Waals surface area contributed by atoms with Gasteiger partial charge >= 0.3 is 7.60 Å². The van der Waals surface area contributed by atoms with Crippen molar-refractivity contribution in [3.05, 3.63) is 18.2 Å². The Kier molecular flexibility index (Phi) is 11.6. The molecule has 0 spiro atoms. The summed E-state index contributed by atoms with van der Waals surface area (Å²) in [6, 6.07) is 6.03. The highest BCUT2D eigenvalue weighted by Gasteiger charge is 2.23. The molecule has 2 aromatic rings. The highest BCUT2D eigenvalue weighted by molar-refractivity contribution is 8.01. The predicted octanol–water partition coefficient (Wildman–Crippen LogP) is 7.39. The molecule has 0 unspecified atom stereocenters. The van der Waals surface area contributed by atoms with Gasteiger partial charge in [0.2, 0.25) is 0 Å². The largest absolute Gasteiger partial charge is 0.494 e. The molecule has 0 aliphatic heterocycles. The Morgan fingerprint density at radius 2 is 1.76 bits per heavy atom. The summed E-state index contributed by atoms with van der Waals surface area (Å²) in [5, 5.41) is 0. The molecule has 0 aliphatic carbocycles.